The topological polar surface area (TPSA) is 73.4 Å². The van der Waals surface area contributed by atoms with Gasteiger partial charge in [-0.15, -0.1) is 0 Å². The number of carbonyl (C=O) groups is 1. The van der Waals surface area contributed by atoms with Gasteiger partial charge in [-0.25, -0.2) is 4.98 Å². The maximum absolute atomic E-state index is 12.4. The molecule has 2 aromatic rings. The molecule has 1 aromatic heterocycles. The number of nitrogens with one attached hydrogen (secondary N) is 2. The third-order valence-corrected chi connectivity index (χ3v) is 5.16. The Hall–Kier alpha value is -2.09. The van der Waals surface area contributed by atoms with Gasteiger partial charge in [-0.1, -0.05) is 11.6 Å². The molecule has 9 heteroatoms. The van der Waals surface area contributed by atoms with E-state index >= 15 is 0 Å². The van der Waals surface area contributed by atoms with Crippen LogP contribution in [-0.2, 0) is 0 Å². The molecule has 1 aliphatic rings. The lowest BCUT2D eigenvalue weighted by molar-refractivity contribution is 0.0964. The number of hydrogen-bond donors (Lipinski definition) is 2. The minimum absolute atomic E-state index is 0.0757. The van der Waals surface area contributed by atoms with Gasteiger partial charge >= 0.3 is 0 Å². The van der Waals surface area contributed by atoms with Crippen LogP contribution in [0, 0.1) is 0 Å². The fraction of sp³-hybridized carbons (Fsp3) is 0.389. The summed E-state index contributed by atoms with van der Waals surface area (Å²) in [6.45, 7) is 1.89. The summed E-state index contributed by atoms with van der Waals surface area (Å²) in [7, 11) is 5.78. The van der Waals surface area contributed by atoms with Crippen LogP contribution in [0.4, 0.5) is 17.2 Å². The van der Waals surface area contributed by atoms with E-state index in [1.165, 1.54) is 6.20 Å². The number of rotatable bonds is 5. The summed E-state index contributed by atoms with van der Waals surface area (Å²) in [6.07, 6.45) is 2.51. The van der Waals surface area contributed by atoms with E-state index in [0.717, 1.165) is 25.2 Å². The highest BCUT2D eigenvalue weighted by atomic mass is 35.5. The van der Waals surface area contributed by atoms with Gasteiger partial charge in [0.05, 0.1) is 17.4 Å². The summed E-state index contributed by atoms with van der Waals surface area (Å²) >= 11 is 12.0. The van der Waals surface area contributed by atoms with Crippen molar-refractivity contribution in [1.82, 2.24) is 20.2 Å². The van der Waals surface area contributed by atoms with E-state index in [-0.39, 0.29) is 11.2 Å². The number of halogens is 2. The van der Waals surface area contributed by atoms with Crippen LogP contribution < -0.4 is 15.5 Å². The zero-order chi connectivity index (χ0) is 19.6. The van der Waals surface area contributed by atoms with Crippen LogP contribution in [-0.4, -0.2) is 61.0 Å². The Kier molecular flexibility index (Phi) is 6.04. The number of nitrogens with zero attached hydrogens (tertiary/aromatic N) is 4. The van der Waals surface area contributed by atoms with Gasteiger partial charge in [-0.3, -0.25) is 4.79 Å². The number of amides is 1. The van der Waals surface area contributed by atoms with E-state index in [1.807, 2.05) is 18.2 Å². The molecule has 3 rings (SSSR count). The number of aromatic nitrogens is 2. The van der Waals surface area contributed by atoms with E-state index in [4.69, 9.17) is 23.2 Å². The lowest BCUT2D eigenvalue weighted by Crippen LogP contribution is -2.31. The van der Waals surface area contributed by atoms with Crippen LogP contribution in [0.1, 0.15) is 16.8 Å². The number of benzene rings is 1. The molecule has 144 valence electrons. The smallest absolute Gasteiger partial charge is 0.253 e. The fourth-order valence-electron chi connectivity index (χ4n) is 3.12. The Bertz CT molecular complexity index is 845. The molecule has 2 heterocycles. The Morgan fingerprint density at radius 2 is 2.11 bits per heavy atom. The molecule has 2 N–H and O–H groups in total. The largest absolute Gasteiger partial charge is 0.370 e. The highest BCUT2D eigenvalue weighted by molar-refractivity contribution is 6.33. The Labute approximate surface area is 168 Å². The zero-order valence-corrected chi connectivity index (χ0v) is 17.0. The Morgan fingerprint density at radius 1 is 1.33 bits per heavy atom. The quantitative estimate of drug-likeness (QED) is 0.740. The van der Waals surface area contributed by atoms with Gasteiger partial charge in [-0.05, 0) is 50.3 Å². The molecule has 0 unspecified atom stereocenters. The van der Waals surface area contributed by atoms with Crippen molar-refractivity contribution in [3.63, 3.8) is 0 Å². The van der Waals surface area contributed by atoms with E-state index < -0.39 is 0 Å². The van der Waals surface area contributed by atoms with Gasteiger partial charge in [0.25, 0.3) is 5.91 Å². The second-order valence-corrected chi connectivity index (χ2v) is 7.37. The third-order valence-electron chi connectivity index (χ3n) is 4.70. The highest BCUT2D eigenvalue weighted by Crippen LogP contribution is 2.30. The van der Waals surface area contributed by atoms with Gasteiger partial charge in [0, 0.05) is 31.9 Å². The normalized spacial score (nSPS) is 16.7. The number of carbonyl (C=O) groups excluding carboxylic acids is 1. The summed E-state index contributed by atoms with van der Waals surface area (Å²) in [5.74, 6) is 0.155. The maximum Gasteiger partial charge on any atom is 0.253 e. The maximum atomic E-state index is 12.4. The molecular weight excluding hydrogens is 387 g/mol. The number of anilines is 3. The molecular formula is C18H22Cl2N6O. The standard InChI is InChI=1S/C18H22Cl2N6O/c1-21-17(27)13-8-11(26-7-6-12(10-26)25(2)3)4-5-15(13)23-16-14(19)9-22-18(20)24-16/h4-5,8-9,12H,6-7,10H2,1-3H3,(H,21,27)(H,22,23,24)/t12-/m0/s1. The first-order valence-corrected chi connectivity index (χ1v) is 9.37. The summed E-state index contributed by atoms with van der Waals surface area (Å²) in [4.78, 5) is 24.9. The van der Waals surface area contributed by atoms with Crippen molar-refractivity contribution in [1.29, 1.82) is 0 Å². The summed E-state index contributed by atoms with van der Waals surface area (Å²) in [5.41, 5.74) is 2.11. The minimum Gasteiger partial charge on any atom is -0.370 e. The zero-order valence-electron chi connectivity index (χ0n) is 15.5. The van der Waals surface area contributed by atoms with E-state index in [2.05, 4.69) is 44.5 Å². The first-order chi connectivity index (χ1) is 12.9. The predicted octanol–water partition coefficient (Wildman–Crippen LogP) is 3.03. The molecule has 1 fully saturated rings. The van der Waals surface area contributed by atoms with Crippen LogP contribution in [0.2, 0.25) is 10.3 Å². The number of likely N-dealkylation sites (N-methyl/N-ethyl adjacent to an activating group) is 1. The van der Waals surface area contributed by atoms with Gasteiger partial charge in [0.15, 0.2) is 5.82 Å². The van der Waals surface area contributed by atoms with Crippen LogP contribution in [0.15, 0.2) is 24.4 Å². The first-order valence-electron chi connectivity index (χ1n) is 8.61. The first kappa shape index (κ1) is 19.7. The molecule has 1 aromatic carbocycles. The molecule has 1 amide bonds. The molecule has 0 saturated carbocycles. The van der Waals surface area contributed by atoms with Crippen LogP contribution in [0.25, 0.3) is 0 Å². The number of hydrogen-bond acceptors (Lipinski definition) is 6. The van der Waals surface area contributed by atoms with E-state index in [0.29, 0.717) is 28.1 Å². The average Bonchev–Trinajstić information content (AvgIpc) is 3.15. The molecule has 0 spiro atoms. The third kappa shape index (κ3) is 4.43. The summed E-state index contributed by atoms with van der Waals surface area (Å²) in [6, 6.07) is 6.24. The summed E-state index contributed by atoms with van der Waals surface area (Å²) < 4.78 is 0. The van der Waals surface area contributed by atoms with Crippen molar-refractivity contribution in [2.24, 2.45) is 0 Å². The van der Waals surface area contributed by atoms with Crippen molar-refractivity contribution in [3.8, 4) is 0 Å². The van der Waals surface area contributed by atoms with Crippen molar-refractivity contribution in [3.05, 3.63) is 40.3 Å². The lowest BCUT2D eigenvalue weighted by Gasteiger charge is -2.23. The molecule has 1 aliphatic heterocycles. The van der Waals surface area contributed by atoms with Crippen molar-refractivity contribution < 1.29 is 4.79 Å². The Morgan fingerprint density at radius 3 is 2.78 bits per heavy atom. The molecule has 1 saturated heterocycles. The molecule has 7 nitrogen and oxygen atoms in total. The van der Waals surface area contributed by atoms with Gasteiger partial charge in [0.1, 0.15) is 5.02 Å². The minimum atomic E-state index is -0.195. The second kappa shape index (κ2) is 8.29. The lowest BCUT2D eigenvalue weighted by atomic mass is 10.1. The Balaban J connectivity index is 1.91. The molecule has 1 atom stereocenters. The fourth-order valence-corrected chi connectivity index (χ4v) is 3.39. The molecule has 0 aliphatic carbocycles. The summed E-state index contributed by atoms with van der Waals surface area (Å²) in [5, 5.41) is 6.16. The highest BCUT2D eigenvalue weighted by Gasteiger charge is 2.25. The monoisotopic (exact) mass is 408 g/mol. The average molecular weight is 409 g/mol. The van der Waals surface area contributed by atoms with Crippen LogP contribution in [0.3, 0.4) is 0 Å². The van der Waals surface area contributed by atoms with E-state index in [1.54, 1.807) is 7.05 Å². The van der Waals surface area contributed by atoms with Gasteiger partial charge < -0.3 is 20.4 Å². The molecule has 0 bridgehead atoms. The van der Waals surface area contributed by atoms with Crippen LogP contribution in [0.5, 0.6) is 0 Å². The van der Waals surface area contributed by atoms with Crippen molar-refractivity contribution in [2.45, 2.75) is 12.5 Å². The molecule has 27 heavy (non-hydrogen) atoms. The second-order valence-electron chi connectivity index (χ2n) is 6.62. The van der Waals surface area contributed by atoms with Crippen LogP contribution >= 0.6 is 23.2 Å². The SMILES string of the molecule is CNC(=O)c1cc(N2CC[C@H](N(C)C)C2)ccc1Nc1nc(Cl)ncc1Cl. The van der Waals surface area contributed by atoms with Crippen molar-refractivity contribution in [2.75, 3.05) is 44.4 Å². The van der Waals surface area contributed by atoms with Gasteiger partial charge in [-0.2, -0.15) is 4.98 Å². The van der Waals surface area contributed by atoms with Gasteiger partial charge in [0.2, 0.25) is 5.28 Å². The van der Waals surface area contributed by atoms with Crippen molar-refractivity contribution >= 4 is 46.3 Å². The molecule has 0 radical (unpaired) electrons. The van der Waals surface area contributed by atoms with E-state index in [9.17, 15) is 4.79 Å². The predicted molar refractivity (Wildman–Crippen MR) is 109 cm³/mol.